The van der Waals surface area contributed by atoms with E-state index in [0.29, 0.717) is 60.3 Å². The summed E-state index contributed by atoms with van der Waals surface area (Å²) in [6.45, 7) is 0.963. The van der Waals surface area contributed by atoms with E-state index in [2.05, 4.69) is 4.90 Å². The summed E-state index contributed by atoms with van der Waals surface area (Å²) in [5, 5.41) is 11.6. The molecule has 1 amide bonds. The second-order valence-electron chi connectivity index (χ2n) is 8.87. The minimum Gasteiger partial charge on any atom is -0.484 e. The van der Waals surface area contributed by atoms with Crippen LogP contribution in [-0.2, 0) is 4.79 Å². The number of anilines is 1. The molecule has 1 spiro atoms. The Bertz CT molecular complexity index is 1030. The van der Waals surface area contributed by atoms with Crippen molar-refractivity contribution in [2.45, 2.75) is 31.5 Å². The second kappa shape index (κ2) is 9.93. The van der Waals surface area contributed by atoms with E-state index in [0.717, 1.165) is 6.42 Å². The molecule has 0 radical (unpaired) electrons. The van der Waals surface area contributed by atoms with Crippen LogP contribution in [0.15, 0.2) is 42.5 Å². The van der Waals surface area contributed by atoms with E-state index in [4.69, 9.17) is 27.9 Å². The van der Waals surface area contributed by atoms with Gasteiger partial charge in [0.05, 0.1) is 11.5 Å². The molecule has 0 saturated carbocycles. The largest absolute Gasteiger partial charge is 0.484 e. The number of aliphatic hydroxyl groups excluding tert-OH is 1. The zero-order chi connectivity index (χ0) is 24.5. The zero-order valence-corrected chi connectivity index (χ0v) is 19.8. The van der Waals surface area contributed by atoms with Crippen LogP contribution in [0.25, 0.3) is 0 Å². The molecule has 2 fully saturated rings. The van der Waals surface area contributed by atoms with Crippen LogP contribution in [0.2, 0.25) is 10.0 Å². The molecule has 184 valence electrons. The Morgan fingerprint density at radius 2 is 1.68 bits per heavy atom. The first-order valence-electron chi connectivity index (χ1n) is 11.0. The number of piperidine rings is 1. The number of amides is 1. The van der Waals surface area contributed by atoms with Crippen molar-refractivity contribution < 1.29 is 27.8 Å². The lowest BCUT2D eigenvalue weighted by Crippen LogP contribution is -2.45. The molecule has 1 N–H and O–H groups in total. The van der Waals surface area contributed by atoms with Crippen molar-refractivity contribution in [2.75, 3.05) is 37.7 Å². The minimum absolute atomic E-state index is 0.0393. The van der Waals surface area contributed by atoms with Crippen molar-refractivity contribution in [3.05, 3.63) is 58.1 Å². The van der Waals surface area contributed by atoms with Gasteiger partial charge in [-0.25, -0.2) is 0 Å². The Balaban J connectivity index is 1.33. The first-order chi connectivity index (χ1) is 16.1. The minimum atomic E-state index is -4.40. The summed E-state index contributed by atoms with van der Waals surface area (Å²) in [6, 6.07) is 11.1. The van der Waals surface area contributed by atoms with Crippen molar-refractivity contribution in [1.29, 1.82) is 0 Å². The van der Waals surface area contributed by atoms with E-state index in [9.17, 15) is 23.1 Å². The van der Waals surface area contributed by atoms with Gasteiger partial charge in [0, 0.05) is 34.4 Å². The van der Waals surface area contributed by atoms with Crippen LogP contribution in [-0.4, -0.2) is 54.9 Å². The number of rotatable bonds is 6. The number of nitrogens with zero attached hydrogens (tertiary/aromatic N) is 2. The molecule has 1 atom stereocenters. The standard InChI is InChI=1S/C24H25Cl2F3N2O3/c25-16-1-6-19(20(26)13-16)21(32)14-30-10-7-23(8-11-30)9-12-31(22(23)33)17-2-4-18(5-3-17)34-15-24(27,28)29/h1-6,13,21,32H,7-12,14-15H2. The summed E-state index contributed by atoms with van der Waals surface area (Å²) in [7, 11) is 0. The van der Waals surface area contributed by atoms with Gasteiger partial charge >= 0.3 is 6.18 Å². The lowest BCUT2D eigenvalue weighted by Gasteiger charge is -2.38. The van der Waals surface area contributed by atoms with Gasteiger partial charge in [0.25, 0.3) is 0 Å². The van der Waals surface area contributed by atoms with Crippen molar-refractivity contribution in [3.8, 4) is 5.75 Å². The van der Waals surface area contributed by atoms with E-state index in [1.165, 1.54) is 12.1 Å². The Morgan fingerprint density at radius 1 is 1.03 bits per heavy atom. The number of hydrogen-bond donors (Lipinski definition) is 1. The van der Waals surface area contributed by atoms with Gasteiger partial charge in [0.1, 0.15) is 5.75 Å². The number of hydrogen-bond acceptors (Lipinski definition) is 4. The van der Waals surface area contributed by atoms with Crippen LogP contribution < -0.4 is 9.64 Å². The molecule has 34 heavy (non-hydrogen) atoms. The molecule has 10 heteroatoms. The van der Waals surface area contributed by atoms with Crippen molar-refractivity contribution in [2.24, 2.45) is 5.41 Å². The van der Waals surface area contributed by atoms with Gasteiger partial charge in [-0.15, -0.1) is 0 Å². The topological polar surface area (TPSA) is 53.0 Å². The van der Waals surface area contributed by atoms with Crippen LogP contribution in [0.4, 0.5) is 18.9 Å². The fourth-order valence-corrected chi connectivity index (χ4v) is 5.23. The van der Waals surface area contributed by atoms with Gasteiger partial charge in [0.2, 0.25) is 5.91 Å². The predicted molar refractivity (Wildman–Crippen MR) is 124 cm³/mol. The maximum absolute atomic E-state index is 13.3. The summed E-state index contributed by atoms with van der Waals surface area (Å²) >= 11 is 12.1. The molecular weight excluding hydrogens is 492 g/mol. The summed E-state index contributed by atoms with van der Waals surface area (Å²) in [5.41, 5.74) is 0.818. The molecule has 2 aromatic carbocycles. The maximum Gasteiger partial charge on any atom is 0.422 e. The zero-order valence-electron chi connectivity index (χ0n) is 18.3. The average Bonchev–Trinajstić information content (AvgIpc) is 3.09. The molecule has 0 bridgehead atoms. The predicted octanol–water partition coefficient (Wildman–Crippen LogP) is 5.49. The van der Waals surface area contributed by atoms with E-state index in [1.807, 2.05) is 0 Å². The number of benzene rings is 2. The molecule has 2 aliphatic rings. The molecule has 2 aliphatic heterocycles. The number of halogens is 5. The molecule has 0 aliphatic carbocycles. The fraction of sp³-hybridized carbons (Fsp3) is 0.458. The van der Waals surface area contributed by atoms with Crippen molar-refractivity contribution in [3.63, 3.8) is 0 Å². The van der Waals surface area contributed by atoms with Crippen molar-refractivity contribution in [1.82, 2.24) is 4.90 Å². The molecule has 0 aromatic heterocycles. The number of likely N-dealkylation sites (tertiary alicyclic amines) is 1. The summed E-state index contributed by atoms with van der Waals surface area (Å²) < 4.78 is 41.7. The Morgan fingerprint density at radius 3 is 2.29 bits per heavy atom. The second-order valence-corrected chi connectivity index (χ2v) is 9.71. The molecule has 2 aromatic rings. The van der Waals surface area contributed by atoms with Crippen LogP contribution >= 0.6 is 23.2 Å². The number of aliphatic hydroxyl groups is 1. The van der Waals surface area contributed by atoms with Gasteiger partial charge in [0.15, 0.2) is 6.61 Å². The van der Waals surface area contributed by atoms with Gasteiger partial charge < -0.3 is 19.6 Å². The lowest BCUT2D eigenvalue weighted by molar-refractivity contribution is -0.153. The van der Waals surface area contributed by atoms with Crippen LogP contribution in [0.1, 0.15) is 30.9 Å². The van der Waals surface area contributed by atoms with Crippen LogP contribution in [0.3, 0.4) is 0 Å². The number of carbonyl (C=O) groups is 1. The van der Waals surface area contributed by atoms with Crippen LogP contribution in [0.5, 0.6) is 5.75 Å². The van der Waals surface area contributed by atoms with Gasteiger partial charge in [-0.2, -0.15) is 13.2 Å². The normalized spacial score (nSPS) is 19.6. The van der Waals surface area contributed by atoms with Gasteiger partial charge in [-0.3, -0.25) is 4.79 Å². The van der Waals surface area contributed by atoms with Gasteiger partial charge in [-0.1, -0.05) is 29.3 Å². The SMILES string of the molecule is O=C1N(c2ccc(OCC(F)(F)F)cc2)CCC12CCN(CC(O)c1ccc(Cl)cc1Cl)CC2. The third-order valence-electron chi connectivity index (χ3n) is 6.63. The van der Waals surface area contributed by atoms with E-state index < -0.39 is 24.3 Å². The molecule has 5 nitrogen and oxygen atoms in total. The summed E-state index contributed by atoms with van der Waals surface area (Å²) in [5.74, 6) is 0.146. The molecule has 2 heterocycles. The highest BCUT2D eigenvalue weighted by Crippen LogP contribution is 2.43. The highest BCUT2D eigenvalue weighted by atomic mass is 35.5. The smallest absolute Gasteiger partial charge is 0.422 e. The van der Waals surface area contributed by atoms with E-state index >= 15 is 0 Å². The number of ether oxygens (including phenoxy) is 1. The third-order valence-corrected chi connectivity index (χ3v) is 7.19. The maximum atomic E-state index is 13.3. The van der Waals surface area contributed by atoms with E-state index in [-0.39, 0.29) is 11.7 Å². The van der Waals surface area contributed by atoms with Crippen LogP contribution in [0, 0.1) is 5.41 Å². The summed E-state index contributed by atoms with van der Waals surface area (Å²) in [4.78, 5) is 17.1. The Labute approximate surface area is 206 Å². The Hall–Kier alpha value is -2.00. The lowest BCUT2D eigenvalue weighted by atomic mass is 9.77. The number of alkyl halides is 3. The van der Waals surface area contributed by atoms with Gasteiger partial charge in [-0.05, 0) is 68.8 Å². The molecule has 1 unspecified atom stereocenters. The number of β-amino-alcohol motifs (C(OH)–C–C–N with tert-alkyl or cyclic N) is 1. The highest BCUT2D eigenvalue weighted by Gasteiger charge is 2.48. The fourth-order valence-electron chi connectivity index (χ4n) is 4.70. The molecule has 4 rings (SSSR count). The number of carbonyl (C=O) groups excluding carboxylic acids is 1. The van der Waals surface area contributed by atoms with Crippen molar-refractivity contribution >= 4 is 34.8 Å². The molecule has 2 saturated heterocycles. The quantitative estimate of drug-likeness (QED) is 0.551. The monoisotopic (exact) mass is 516 g/mol. The first-order valence-corrected chi connectivity index (χ1v) is 11.8. The third kappa shape index (κ3) is 5.62. The average molecular weight is 517 g/mol. The first kappa shape index (κ1) is 25.1. The Kier molecular flexibility index (Phi) is 7.33. The highest BCUT2D eigenvalue weighted by molar-refractivity contribution is 6.35. The molecular formula is C24H25Cl2F3N2O3. The van der Waals surface area contributed by atoms with E-state index in [1.54, 1.807) is 35.2 Å². The summed E-state index contributed by atoms with van der Waals surface area (Å²) in [6.07, 6.45) is -3.08.